The van der Waals surface area contributed by atoms with Crippen molar-refractivity contribution in [3.05, 3.63) is 22.7 Å². The number of β-amino-alcohol motifs (C(OH)–C–C–N with tert-alkyl or cyclic N) is 1. The van der Waals surface area contributed by atoms with Crippen LogP contribution in [0.5, 0.6) is 5.75 Å². The smallest absolute Gasteiger partial charge is 0.321 e. The second kappa shape index (κ2) is 6.25. The number of anilines is 1. The number of likely N-dealkylation sites (tertiary alicyclic amines) is 1. The molecule has 0 bridgehead atoms. The number of halogens is 1. The Morgan fingerprint density at radius 1 is 1.58 bits per heavy atom. The molecule has 5 nitrogen and oxygen atoms in total. The summed E-state index contributed by atoms with van der Waals surface area (Å²) in [6, 6.07) is 5.17. The average molecular weight is 329 g/mol. The highest BCUT2D eigenvalue weighted by atomic mass is 79.9. The van der Waals surface area contributed by atoms with Gasteiger partial charge in [0.05, 0.1) is 17.7 Å². The quantitative estimate of drug-likeness (QED) is 0.876. The Morgan fingerprint density at radius 3 is 3.00 bits per heavy atom. The van der Waals surface area contributed by atoms with Crippen molar-refractivity contribution in [2.45, 2.75) is 18.9 Å². The van der Waals surface area contributed by atoms with Crippen molar-refractivity contribution in [2.75, 3.05) is 25.5 Å². The first-order chi connectivity index (χ1) is 9.10. The molecule has 1 fully saturated rings. The molecule has 1 aromatic carbocycles. The lowest BCUT2D eigenvalue weighted by atomic mass is 10.1. The van der Waals surface area contributed by atoms with Crippen LogP contribution in [0.25, 0.3) is 0 Å². The van der Waals surface area contributed by atoms with E-state index >= 15 is 0 Å². The van der Waals surface area contributed by atoms with Gasteiger partial charge in [0.2, 0.25) is 0 Å². The summed E-state index contributed by atoms with van der Waals surface area (Å²) in [4.78, 5) is 13.7. The number of ether oxygens (including phenoxy) is 1. The van der Waals surface area contributed by atoms with Gasteiger partial charge in [0.25, 0.3) is 0 Å². The third kappa shape index (κ3) is 3.61. The zero-order valence-electron chi connectivity index (χ0n) is 10.7. The Kier molecular flexibility index (Phi) is 4.66. The number of rotatable bonds is 2. The van der Waals surface area contributed by atoms with E-state index in [4.69, 9.17) is 4.74 Å². The molecular weight excluding hydrogens is 312 g/mol. The molecule has 1 aromatic rings. The number of hydrogen-bond acceptors (Lipinski definition) is 3. The number of aliphatic hydroxyl groups is 1. The zero-order chi connectivity index (χ0) is 13.8. The van der Waals surface area contributed by atoms with Crippen molar-refractivity contribution < 1.29 is 14.6 Å². The van der Waals surface area contributed by atoms with Crippen LogP contribution in [0.1, 0.15) is 12.8 Å². The van der Waals surface area contributed by atoms with E-state index in [9.17, 15) is 9.90 Å². The molecule has 2 N–H and O–H groups in total. The van der Waals surface area contributed by atoms with Gasteiger partial charge in [0.1, 0.15) is 5.75 Å². The Labute approximate surface area is 120 Å². The molecule has 0 saturated carbocycles. The highest BCUT2D eigenvalue weighted by Gasteiger charge is 2.22. The first-order valence-corrected chi connectivity index (χ1v) is 6.97. The Balaban J connectivity index is 2.00. The SMILES string of the molecule is COc1ccc(NC(=O)N2CCC[C@@H](O)C2)cc1Br. The van der Waals surface area contributed by atoms with Crippen LogP contribution in [0.15, 0.2) is 22.7 Å². The van der Waals surface area contributed by atoms with E-state index in [1.54, 1.807) is 30.2 Å². The van der Waals surface area contributed by atoms with Gasteiger partial charge in [-0.1, -0.05) is 0 Å². The van der Waals surface area contributed by atoms with E-state index in [-0.39, 0.29) is 6.03 Å². The fourth-order valence-electron chi connectivity index (χ4n) is 2.09. The van der Waals surface area contributed by atoms with Gasteiger partial charge in [-0.15, -0.1) is 0 Å². The summed E-state index contributed by atoms with van der Waals surface area (Å²) >= 11 is 3.37. The lowest BCUT2D eigenvalue weighted by Crippen LogP contribution is -2.44. The predicted molar refractivity (Wildman–Crippen MR) is 76.5 cm³/mol. The topological polar surface area (TPSA) is 61.8 Å². The molecule has 1 aliphatic rings. The lowest BCUT2D eigenvalue weighted by Gasteiger charge is -2.30. The standard InChI is InChI=1S/C13H17BrN2O3/c1-19-12-5-4-9(7-11(12)14)15-13(18)16-6-2-3-10(17)8-16/h4-5,7,10,17H,2-3,6,8H2,1H3,(H,15,18)/t10-/m1/s1. The number of carbonyl (C=O) groups excluding carboxylic acids is 1. The van der Waals surface area contributed by atoms with Crippen LogP contribution in [-0.2, 0) is 0 Å². The van der Waals surface area contributed by atoms with Gasteiger partial charge in [0.15, 0.2) is 0 Å². The second-order valence-electron chi connectivity index (χ2n) is 4.52. The Morgan fingerprint density at radius 2 is 2.37 bits per heavy atom. The molecule has 0 aromatic heterocycles. The van der Waals surface area contributed by atoms with Gasteiger partial charge in [0, 0.05) is 18.8 Å². The summed E-state index contributed by atoms with van der Waals surface area (Å²) in [6.07, 6.45) is 1.18. The van der Waals surface area contributed by atoms with Gasteiger partial charge in [-0.2, -0.15) is 0 Å². The van der Waals surface area contributed by atoms with Crippen LogP contribution in [0.3, 0.4) is 0 Å². The van der Waals surface area contributed by atoms with Crippen molar-refractivity contribution in [1.29, 1.82) is 0 Å². The van der Waals surface area contributed by atoms with Crippen LogP contribution in [0.4, 0.5) is 10.5 Å². The molecular formula is C13H17BrN2O3. The molecule has 19 heavy (non-hydrogen) atoms. The Bertz CT molecular complexity index is 467. The monoisotopic (exact) mass is 328 g/mol. The molecule has 0 radical (unpaired) electrons. The maximum absolute atomic E-state index is 12.0. The number of benzene rings is 1. The lowest BCUT2D eigenvalue weighted by molar-refractivity contribution is 0.0883. The minimum atomic E-state index is -0.415. The van der Waals surface area contributed by atoms with Gasteiger partial charge < -0.3 is 20.1 Å². The van der Waals surface area contributed by atoms with Crippen molar-refractivity contribution in [1.82, 2.24) is 4.90 Å². The van der Waals surface area contributed by atoms with Crippen LogP contribution >= 0.6 is 15.9 Å². The van der Waals surface area contributed by atoms with E-state index < -0.39 is 6.10 Å². The summed E-state index contributed by atoms with van der Waals surface area (Å²) in [5.74, 6) is 0.714. The number of nitrogens with one attached hydrogen (secondary N) is 1. The van der Waals surface area contributed by atoms with Gasteiger partial charge in [-0.05, 0) is 47.0 Å². The minimum Gasteiger partial charge on any atom is -0.496 e. The number of carbonyl (C=O) groups is 1. The molecule has 0 unspecified atom stereocenters. The van der Waals surface area contributed by atoms with Crippen molar-refractivity contribution in [2.24, 2.45) is 0 Å². The van der Waals surface area contributed by atoms with E-state index in [1.807, 2.05) is 0 Å². The number of nitrogens with zero attached hydrogens (tertiary/aromatic N) is 1. The number of urea groups is 1. The molecule has 2 rings (SSSR count). The minimum absolute atomic E-state index is 0.184. The summed E-state index contributed by atoms with van der Waals surface area (Å²) < 4.78 is 5.92. The van der Waals surface area contributed by atoms with E-state index in [0.29, 0.717) is 24.5 Å². The van der Waals surface area contributed by atoms with E-state index in [1.165, 1.54) is 0 Å². The Hall–Kier alpha value is -1.27. The maximum Gasteiger partial charge on any atom is 0.321 e. The average Bonchev–Trinajstić information content (AvgIpc) is 2.39. The largest absolute Gasteiger partial charge is 0.496 e. The van der Waals surface area contributed by atoms with Crippen molar-refractivity contribution in [3.63, 3.8) is 0 Å². The van der Waals surface area contributed by atoms with Crippen molar-refractivity contribution in [3.8, 4) is 5.75 Å². The van der Waals surface area contributed by atoms with Crippen LogP contribution < -0.4 is 10.1 Å². The molecule has 1 aliphatic heterocycles. The molecule has 6 heteroatoms. The zero-order valence-corrected chi connectivity index (χ0v) is 12.3. The van der Waals surface area contributed by atoms with Gasteiger partial charge in [-0.25, -0.2) is 4.79 Å². The molecule has 2 amide bonds. The van der Waals surface area contributed by atoms with Crippen LogP contribution in [-0.4, -0.2) is 42.3 Å². The second-order valence-corrected chi connectivity index (χ2v) is 5.38. The normalized spacial score (nSPS) is 19.1. The number of piperidine rings is 1. The molecule has 1 saturated heterocycles. The van der Waals surface area contributed by atoms with Crippen LogP contribution in [0, 0.1) is 0 Å². The number of aliphatic hydroxyl groups excluding tert-OH is 1. The molecule has 1 atom stereocenters. The molecule has 104 valence electrons. The fraction of sp³-hybridized carbons (Fsp3) is 0.462. The van der Waals surface area contributed by atoms with E-state index in [2.05, 4.69) is 21.2 Å². The molecule has 0 spiro atoms. The van der Waals surface area contributed by atoms with E-state index in [0.717, 1.165) is 17.3 Å². The van der Waals surface area contributed by atoms with Gasteiger partial charge in [-0.3, -0.25) is 0 Å². The van der Waals surface area contributed by atoms with Crippen molar-refractivity contribution >= 4 is 27.6 Å². The first kappa shape index (κ1) is 14.1. The highest BCUT2D eigenvalue weighted by Crippen LogP contribution is 2.27. The number of methoxy groups -OCH3 is 1. The molecule has 1 heterocycles. The third-order valence-electron chi connectivity index (χ3n) is 3.09. The number of amides is 2. The highest BCUT2D eigenvalue weighted by molar-refractivity contribution is 9.10. The third-order valence-corrected chi connectivity index (χ3v) is 3.71. The van der Waals surface area contributed by atoms with Gasteiger partial charge >= 0.3 is 6.03 Å². The maximum atomic E-state index is 12.0. The summed E-state index contributed by atoms with van der Waals surface area (Å²) in [5, 5.41) is 12.4. The summed E-state index contributed by atoms with van der Waals surface area (Å²) in [7, 11) is 1.59. The molecule has 0 aliphatic carbocycles. The summed E-state index contributed by atoms with van der Waals surface area (Å²) in [6.45, 7) is 1.07. The van der Waals surface area contributed by atoms with Crippen LogP contribution in [0.2, 0.25) is 0 Å². The predicted octanol–water partition coefficient (Wildman–Crippen LogP) is 2.45. The fourth-order valence-corrected chi connectivity index (χ4v) is 2.63. The number of hydrogen-bond donors (Lipinski definition) is 2. The summed E-state index contributed by atoms with van der Waals surface area (Å²) in [5.41, 5.74) is 0.692. The first-order valence-electron chi connectivity index (χ1n) is 6.17.